The minimum Gasteiger partial charge on any atom is -0.310 e. The van der Waals surface area contributed by atoms with Gasteiger partial charge in [0.1, 0.15) is 0 Å². The summed E-state index contributed by atoms with van der Waals surface area (Å²) in [5, 5.41) is 5.03. The van der Waals surface area contributed by atoms with Crippen molar-refractivity contribution in [2.24, 2.45) is 0 Å². The lowest BCUT2D eigenvalue weighted by molar-refractivity contribution is 1.17. The smallest absolute Gasteiger partial charge is 0.0541 e. The molecule has 0 aliphatic heterocycles. The highest BCUT2D eigenvalue weighted by Gasteiger charge is 2.17. The van der Waals surface area contributed by atoms with Crippen LogP contribution in [0.25, 0.3) is 71.6 Å². The van der Waals surface area contributed by atoms with E-state index in [0.29, 0.717) is 0 Å². The molecule has 0 atom stereocenters. The van der Waals surface area contributed by atoms with Crippen LogP contribution in [0.1, 0.15) is 0 Å². The first-order chi connectivity index (χ1) is 26.8. The molecule has 1 heterocycles. The second-order valence-electron chi connectivity index (χ2n) is 13.8. The van der Waals surface area contributed by atoms with Gasteiger partial charge in [0.15, 0.2) is 0 Å². The van der Waals surface area contributed by atoms with Crippen LogP contribution in [0, 0.1) is 0 Å². The van der Waals surface area contributed by atoms with E-state index in [1.165, 1.54) is 66.0 Å². The summed E-state index contributed by atoms with van der Waals surface area (Å²) >= 11 is 0. The highest BCUT2D eigenvalue weighted by atomic mass is 15.1. The van der Waals surface area contributed by atoms with E-state index < -0.39 is 0 Å². The lowest BCUT2D eigenvalue weighted by atomic mass is 9.95. The Balaban J connectivity index is 1.07. The Morgan fingerprint density at radius 2 is 0.796 bits per heavy atom. The van der Waals surface area contributed by atoms with Crippen LogP contribution in [0.2, 0.25) is 0 Å². The molecule has 0 spiro atoms. The fraction of sp³-hybridized carbons (Fsp3) is 0. The van der Waals surface area contributed by atoms with Gasteiger partial charge in [-0.15, -0.1) is 0 Å². The summed E-state index contributed by atoms with van der Waals surface area (Å²) in [6, 6.07) is 78.8. The first-order valence-electron chi connectivity index (χ1n) is 18.5. The third kappa shape index (κ3) is 5.62. The molecule has 2 heteroatoms. The third-order valence-electron chi connectivity index (χ3n) is 10.6. The van der Waals surface area contributed by atoms with Gasteiger partial charge in [-0.1, -0.05) is 158 Å². The predicted octanol–water partition coefficient (Wildman–Crippen LogP) is 14.4. The summed E-state index contributed by atoms with van der Waals surface area (Å²) < 4.78 is 2.39. The second-order valence-corrected chi connectivity index (χ2v) is 13.8. The summed E-state index contributed by atoms with van der Waals surface area (Å²) in [4.78, 5) is 2.36. The van der Waals surface area contributed by atoms with Crippen LogP contribution in [0.15, 0.2) is 218 Å². The van der Waals surface area contributed by atoms with Gasteiger partial charge in [-0.05, 0) is 105 Å². The average Bonchev–Trinajstić information content (AvgIpc) is 3.59. The van der Waals surface area contributed by atoms with Gasteiger partial charge in [-0.3, -0.25) is 0 Å². The summed E-state index contributed by atoms with van der Waals surface area (Å²) in [5.41, 5.74) is 14.0. The first-order valence-corrected chi connectivity index (χ1v) is 18.5. The van der Waals surface area contributed by atoms with Crippen molar-refractivity contribution in [1.82, 2.24) is 4.57 Å². The number of fused-ring (bicyclic) bond motifs is 4. The molecule has 0 radical (unpaired) electrons. The summed E-state index contributed by atoms with van der Waals surface area (Å²) in [7, 11) is 0. The van der Waals surface area contributed by atoms with Gasteiger partial charge in [-0.25, -0.2) is 0 Å². The SMILES string of the molecule is c1ccc(-c2ccc(N(c3ccc(-c4cccc(-c5cccc6ccccc56)c4)cc3)c3cccc(-n4c5ccccc5c5ccccc54)c3)cc2)cc1. The molecule has 0 unspecified atom stereocenters. The lowest BCUT2D eigenvalue weighted by Crippen LogP contribution is -2.10. The molecule has 9 aromatic carbocycles. The van der Waals surface area contributed by atoms with E-state index in [1.807, 2.05) is 0 Å². The quantitative estimate of drug-likeness (QED) is 0.162. The van der Waals surface area contributed by atoms with Crippen molar-refractivity contribution >= 4 is 49.6 Å². The maximum Gasteiger partial charge on any atom is 0.0541 e. The zero-order chi connectivity index (χ0) is 35.8. The standard InChI is InChI=1S/C52H36N2/c1-2-13-37(14-3-1)38-27-31-43(32-28-38)53(45-19-12-20-46(36-45)54-51-25-8-6-22-49(51)50-23-7-9-26-52(50)54)44-33-29-39(30-34-44)41-17-10-18-42(35-41)48-24-11-16-40-15-4-5-21-47(40)48/h1-36H. The Bertz CT molecular complexity index is 2860. The number of para-hydroxylation sites is 2. The number of benzene rings is 9. The van der Waals surface area contributed by atoms with Gasteiger partial charge in [0.2, 0.25) is 0 Å². The monoisotopic (exact) mass is 688 g/mol. The van der Waals surface area contributed by atoms with Crippen molar-refractivity contribution in [2.75, 3.05) is 4.90 Å². The molecule has 54 heavy (non-hydrogen) atoms. The molecule has 254 valence electrons. The van der Waals surface area contributed by atoms with Gasteiger partial charge in [0, 0.05) is 33.5 Å². The van der Waals surface area contributed by atoms with Crippen LogP contribution in [0.5, 0.6) is 0 Å². The molecule has 1 aromatic heterocycles. The van der Waals surface area contributed by atoms with Gasteiger partial charge in [0.25, 0.3) is 0 Å². The van der Waals surface area contributed by atoms with Crippen LogP contribution in [-0.4, -0.2) is 4.57 Å². The van der Waals surface area contributed by atoms with Crippen LogP contribution >= 0.6 is 0 Å². The van der Waals surface area contributed by atoms with Gasteiger partial charge in [-0.2, -0.15) is 0 Å². The molecule has 0 amide bonds. The molecular weight excluding hydrogens is 653 g/mol. The molecule has 10 rings (SSSR count). The number of nitrogens with zero attached hydrogens (tertiary/aromatic N) is 2. The van der Waals surface area contributed by atoms with E-state index in [1.54, 1.807) is 0 Å². The molecular formula is C52H36N2. The van der Waals surface area contributed by atoms with E-state index in [2.05, 4.69) is 228 Å². The van der Waals surface area contributed by atoms with Crippen LogP contribution in [0.4, 0.5) is 17.1 Å². The largest absolute Gasteiger partial charge is 0.310 e. The van der Waals surface area contributed by atoms with Crippen molar-refractivity contribution in [3.63, 3.8) is 0 Å². The fourth-order valence-electron chi connectivity index (χ4n) is 8.00. The average molecular weight is 689 g/mol. The fourth-order valence-corrected chi connectivity index (χ4v) is 8.00. The lowest BCUT2D eigenvalue weighted by Gasteiger charge is -2.26. The zero-order valence-electron chi connectivity index (χ0n) is 29.7. The molecule has 0 saturated heterocycles. The number of aromatic nitrogens is 1. The van der Waals surface area contributed by atoms with Crippen LogP contribution in [0.3, 0.4) is 0 Å². The van der Waals surface area contributed by atoms with E-state index >= 15 is 0 Å². The number of hydrogen-bond donors (Lipinski definition) is 0. The number of hydrogen-bond acceptors (Lipinski definition) is 1. The molecule has 2 nitrogen and oxygen atoms in total. The van der Waals surface area contributed by atoms with Gasteiger partial charge in [0.05, 0.1) is 11.0 Å². The Labute approximate surface area is 315 Å². The zero-order valence-corrected chi connectivity index (χ0v) is 29.7. The Morgan fingerprint density at radius 1 is 0.296 bits per heavy atom. The topological polar surface area (TPSA) is 8.17 Å². The van der Waals surface area contributed by atoms with Crippen molar-refractivity contribution in [3.05, 3.63) is 218 Å². The van der Waals surface area contributed by atoms with Crippen molar-refractivity contribution in [1.29, 1.82) is 0 Å². The maximum absolute atomic E-state index is 2.39. The number of rotatable bonds is 7. The minimum absolute atomic E-state index is 1.09. The molecule has 0 aliphatic carbocycles. The van der Waals surface area contributed by atoms with Gasteiger partial charge < -0.3 is 9.47 Å². The first kappa shape index (κ1) is 31.6. The van der Waals surface area contributed by atoms with E-state index in [-0.39, 0.29) is 0 Å². The molecule has 0 fully saturated rings. The third-order valence-corrected chi connectivity index (χ3v) is 10.6. The van der Waals surface area contributed by atoms with Crippen LogP contribution in [-0.2, 0) is 0 Å². The van der Waals surface area contributed by atoms with Gasteiger partial charge >= 0.3 is 0 Å². The molecule has 10 aromatic rings. The summed E-state index contributed by atoms with van der Waals surface area (Å²) in [5.74, 6) is 0. The van der Waals surface area contributed by atoms with E-state index in [4.69, 9.17) is 0 Å². The molecule has 0 saturated carbocycles. The Morgan fingerprint density at radius 3 is 1.50 bits per heavy atom. The Kier molecular flexibility index (Phi) is 7.85. The molecule has 0 bridgehead atoms. The molecule has 0 N–H and O–H groups in total. The van der Waals surface area contributed by atoms with Crippen molar-refractivity contribution in [2.45, 2.75) is 0 Å². The predicted molar refractivity (Wildman–Crippen MR) is 229 cm³/mol. The van der Waals surface area contributed by atoms with Crippen molar-refractivity contribution < 1.29 is 0 Å². The summed E-state index contributed by atoms with van der Waals surface area (Å²) in [6.45, 7) is 0. The highest BCUT2D eigenvalue weighted by molar-refractivity contribution is 6.09. The van der Waals surface area contributed by atoms with Crippen molar-refractivity contribution in [3.8, 4) is 39.1 Å². The maximum atomic E-state index is 2.39. The Hall–Kier alpha value is -7.16. The number of anilines is 3. The molecule has 0 aliphatic rings. The summed E-state index contributed by atoms with van der Waals surface area (Å²) in [6.07, 6.45) is 0. The normalized spacial score (nSPS) is 11.3. The van der Waals surface area contributed by atoms with Crippen LogP contribution < -0.4 is 4.90 Å². The minimum atomic E-state index is 1.09. The second kappa shape index (κ2) is 13.4. The van der Waals surface area contributed by atoms with E-state index in [9.17, 15) is 0 Å². The highest BCUT2D eigenvalue weighted by Crippen LogP contribution is 2.40. The van der Waals surface area contributed by atoms with E-state index in [0.717, 1.165) is 22.7 Å².